The highest BCUT2D eigenvalue weighted by atomic mass is 16.2. The number of carbonyl (C=O) groups is 1. The maximum atomic E-state index is 13.1. The van der Waals surface area contributed by atoms with Crippen LogP contribution in [0.5, 0.6) is 0 Å². The van der Waals surface area contributed by atoms with Gasteiger partial charge in [0.1, 0.15) is 12.7 Å². The lowest BCUT2D eigenvalue weighted by molar-refractivity contribution is -0.135. The number of likely N-dealkylation sites (tertiary alicyclic amines) is 1. The van der Waals surface area contributed by atoms with Crippen LogP contribution in [0.3, 0.4) is 0 Å². The largest absolute Gasteiger partial charge is 0.340 e. The van der Waals surface area contributed by atoms with Gasteiger partial charge >= 0.3 is 0 Å². The molecule has 1 unspecified atom stereocenters. The molecule has 4 rings (SSSR count). The molecule has 1 saturated heterocycles. The summed E-state index contributed by atoms with van der Waals surface area (Å²) in [6.45, 7) is 1.61. The minimum absolute atomic E-state index is 0.256. The van der Waals surface area contributed by atoms with E-state index in [2.05, 4.69) is 22.2 Å². The van der Waals surface area contributed by atoms with E-state index < -0.39 is 0 Å². The summed E-state index contributed by atoms with van der Waals surface area (Å²) in [5.41, 5.74) is 0.911. The van der Waals surface area contributed by atoms with Crippen molar-refractivity contribution in [3.8, 4) is 0 Å². The number of rotatable bonds is 3. The van der Waals surface area contributed by atoms with Crippen molar-refractivity contribution in [2.75, 3.05) is 13.1 Å². The van der Waals surface area contributed by atoms with Crippen molar-refractivity contribution in [3.63, 3.8) is 0 Å². The average Bonchev–Trinajstić information content (AvgIpc) is 3.21. The second-order valence-electron chi connectivity index (χ2n) is 6.37. The van der Waals surface area contributed by atoms with Gasteiger partial charge in [0.25, 0.3) is 0 Å². The Balaban J connectivity index is 1.53. The maximum Gasteiger partial charge on any atom is 0.233 e. The van der Waals surface area contributed by atoms with Crippen LogP contribution in [-0.2, 0) is 10.2 Å². The Kier molecular flexibility index (Phi) is 3.21. The third kappa shape index (κ3) is 2.21. The zero-order valence-electron chi connectivity index (χ0n) is 12.6. The van der Waals surface area contributed by atoms with Crippen molar-refractivity contribution in [2.45, 2.75) is 37.1 Å². The van der Waals surface area contributed by atoms with Crippen LogP contribution in [0.15, 0.2) is 43.0 Å². The van der Waals surface area contributed by atoms with Crippen LogP contribution in [-0.4, -0.2) is 38.7 Å². The van der Waals surface area contributed by atoms with Gasteiger partial charge < -0.3 is 4.90 Å². The Morgan fingerprint density at radius 2 is 2.05 bits per heavy atom. The van der Waals surface area contributed by atoms with Crippen molar-refractivity contribution in [1.29, 1.82) is 0 Å². The summed E-state index contributed by atoms with van der Waals surface area (Å²) in [5.74, 6) is 0.295. The molecule has 114 valence electrons. The van der Waals surface area contributed by atoms with Crippen LogP contribution in [0.2, 0.25) is 0 Å². The highest BCUT2D eigenvalue weighted by Crippen LogP contribution is 2.50. The minimum atomic E-state index is -0.258. The molecule has 1 aromatic carbocycles. The smallest absolute Gasteiger partial charge is 0.233 e. The molecule has 2 heterocycles. The van der Waals surface area contributed by atoms with Crippen LogP contribution < -0.4 is 0 Å². The summed E-state index contributed by atoms with van der Waals surface area (Å²) in [6, 6.07) is 10.5. The van der Waals surface area contributed by atoms with Crippen molar-refractivity contribution in [1.82, 2.24) is 19.7 Å². The summed E-state index contributed by atoms with van der Waals surface area (Å²) in [4.78, 5) is 19.1. The topological polar surface area (TPSA) is 51.0 Å². The summed E-state index contributed by atoms with van der Waals surface area (Å²) in [5, 5.41) is 4.24. The predicted molar refractivity (Wildman–Crippen MR) is 82.2 cm³/mol. The van der Waals surface area contributed by atoms with Crippen LogP contribution in [0.4, 0.5) is 0 Å². The number of hydrogen-bond donors (Lipinski definition) is 0. The van der Waals surface area contributed by atoms with Gasteiger partial charge in [0.05, 0.1) is 11.5 Å². The Hall–Kier alpha value is -2.17. The van der Waals surface area contributed by atoms with Gasteiger partial charge in [0.2, 0.25) is 5.91 Å². The van der Waals surface area contributed by atoms with Crippen molar-refractivity contribution >= 4 is 5.91 Å². The molecule has 0 N–H and O–H groups in total. The number of nitrogens with zero attached hydrogens (tertiary/aromatic N) is 4. The first kappa shape index (κ1) is 13.5. The second kappa shape index (κ2) is 5.23. The monoisotopic (exact) mass is 296 g/mol. The van der Waals surface area contributed by atoms with Crippen LogP contribution in [0.1, 0.15) is 37.3 Å². The number of amides is 1. The SMILES string of the molecule is O=C(N1CCCC(n2cncn2)C1)C1(c2ccccc2)CC1. The van der Waals surface area contributed by atoms with Gasteiger partial charge in [-0.15, -0.1) is 0 Å². The molecule has 5 nitrogen and oxygen atoms in total. The molecule has 1 amide bonds. The van der Waals surface area contributed by atoms with E-state index in [0.717, 1.165) is 38.8 Å². The molecule has 2 aliphatic rings. The molecular weight excluding hydrogens is 276 g/mol. The lowest BCUT2D eigenvalue weighted by Gasteiger charge is -2.35. The van der Waals surface area contributed by atoms with E-state index in [-0.39, 0.29) is 11.5 Å². The quantitative estimate of drug-likeness (QED) is 0.872. The standard InChI is InChI=1S/C17H20N4O/c22-16(17(8-9-17)14-5-2-1-3-6-14)20-10-4-7-15(11-20)21-13-18-12-19-21/h1-3,5-6,12-13,15H,4,7-11H2. The zero-order valence-corrected chi connectivity index (χ0v) is 12.6. The number of aromatic nitrogens is 3. The molecule has 0 spiro atoms. The first-order chi connectivity index (χ1) is 10.8. The van der Waals surface area contributed by atoms with Gasteiger partial charge in [-0.2, -0.15) is 5.10 Å². The van der Waals surface area contributed by atoms with E-state index in [4.69, 9.17) is 0 Å². The molecule has 5 heteroatoms. The minimum Gasteiger partial charge on any atom is -0.340 e. The molecule has 1 aromatic heterocycles. The van der Waals surface area contributed by atoms with Crippen molar-refractivity contribution in [3.05, 3.63) is 48.5 Å². The van der Waals surface area contributed by atoms with Crippen LogP contribution >= 0.6 is 0 Å². The van der Waals surface area contributed by atoms with E-state index in [9.17, 15) is 4.79 Å². The molecule has 1 saturated carbocycles. The highest BCUT2D eigenvalue weighted by Gasteiger charge is 2.53. The molecule has 1 aliphatic carbocycles. The fourth-order valence-electron chi connectivity index (χ4n) is 3.57. The Morgan fingerprint density at radius 3 is 2.73 bits per heavy atom. The van der Waals surface area contributed by atoms with E-state index in [1.54, 1.807) is 12.7 Å². The number of piperidine rings is 1. The second-order valence-corrected chi connectivity index (χ2v) is 6.37. The molecule has 0 radical (unpaired) electrons. The number of benzene rings is 1. The molecule has 1 atom stereocenters. The third-order valence-corrected chi connectivity index (χ3v) is 4.98. The Bertz CT molecular complexity index is 649. The first-order valence-corrected chi connectivity index (χ1v) is 7.99. The highest BCUT2D eigenvalue weighted by molar-refractivity contribution is 5.91. The molecule has 0 bridgehead atoms. The molecule has 2 aromatic rings. The molecular formula is C17H20N4O. The van der Waals surface area contributed by atoms with Crippen LogP contribution in [0.25, 0.3) is 0 Å². The molecule has 1 aliphatic heterocycles. The van der Waals surface area contributed by atoms with Crippen LogP contribution in [0, 0.1) is 0 Å². The van der Waals surface area contributed by atoms with Gasteiger partial charge in [-0.05, 0) is 31.2 Å². The fraction of sp³-hybridized carbons (Fsp3) is 0.471. The van der Waals surface area contributed by atoms with Gasteiger partial charge in [-0.1, -0.05) is 30.3 Å². The summed E-state index contributed by atoms with van der Waals surface area (Å²) in [6.07, 6.45) is 7.35. The molecule has 22 heavy (non-hydrogen) atoms. The zero-order chi connectivity index (χ0) is 15.0. The van der Waals surface area contributed by atoms with Gasteiger partial charge in [0, 0.05) is 13.1 Å². The normalized spacial score (nSPS) is 23.3. The molecule has 2 fully saturated rings. The number of carbonyl (C=O) groups excluding carboxylic acids is 1. The Morgan fingerprint density at radius 1 is 1.23 bits per heavy atom. The predicted octanol–water partition coefficient (Wildman–Crippen LogP) is 2.17. The van der Waals surface area contributed by atoms with Crippen molar-refractivity contribution < 1.29 is 4.79 Å². The summed E-state index contributed by atoms with van der Waals surface area (Å²) >= 11 is 0. The van der Waals surface area contributed by atoms with Gasteiger partial charge in [0.15, 0.2) is 0 Å². The third-order valence-electron chi connectivity index (χ3n) is 4.98. The van der Waals surface area contributed by atoms with E-state index in [1.807, 2.05) is 27.8 Å². The van der Waals surface area contributed by atoms with Gasteiger partial charge in [-0.3, -0.25) is 4.79 Å². The average molecular weight is 296 g/mol. The fourth-order valence-corrected chi connectivity index (χ4v) is 3.57. The number of hydrogen-bond acceptors (Lipinski definition) is 3. The Labute approximate surface area is 130 Å². The van der Waals surface area contributed by atoms with Crippen molar-refractivity contribution in [2.24, 2.45) is 0 Å². The lowest BCUT2D eigenvalue weighted by Crippen LogP contribution is -2.45. The summed E-state index contributed by atoms with van der Waals surface area (Å²) < 4.78 is 1.89. The van der Waals surface area contributed by atoms with E-state index in [1.165, 1.54) is 5.56 Å². The van der Waals surface area contributed by atoms with Gasteiger partial charge in [-0.25, -0.2) is 9.67 Å². The summed E-state index contributed by atoms with van der Waals surface area (Å²) in [7, 11) is 0. The first-order valence-electron chi connectivity index (χ1n) is 7.99. The maximum absolute atomic E-state index is 13.1. The van der Waals surface area contributed by atoms with E-state index in [0.29, 0.717) is 5.91 Å². The lowest BCUT2D eigenvalue weighted by atomic mass is 9.93. The van der Waals surface area contributed by atoms with E-state index >= 15 is 0 Å².